The Bertz CT molecular complexity index is 616. The molecule has 3 nitrogen and oxygen atoms in total. The van der Waals surface area contributed by atoms with Gasteiger partial charge in [0, 0.05) is 17.3 Å². The first-order chi connectivity index (χ1) is 7.54. The predicted molar refractivity (Wildman–Crippen MR) is 60.6 cm³/mol. The van der Waals surface area contributed by atoms with Gasteiger partial charge in [0.15, 0.2) is 5.43 Å². The maximum absolute atomic E-state index is 13.3. The zero-order valence-electron chi connectivity index (χ0n) is 9.35. The van der Waals surface area contributed by atoms with Gasteiger partial charge in [-0.25, -0.2) is 4.39 Å². The molecular weight excluding hydrogens is 209 g/mol. The van der Waals surface area contributed by atoms with E-state index in [1.165, 1.54) is 19.2 Å². The van der Waals surface area contributed by atoms with Gasteiger partial charge in [0.05, 0.1) is 18.0 Å². The summed E-state index contributed by atoms with van der Waals surface area (Å²) in [4.78, 5) is 15.0. The second kappa shape index (κ2) is 3.63. The summed E-state index contributed by atoms with van der Waals surface area (Å²) < 4.78 is 18.3. The van der Waals surface area contributed by atoms with Crippen molar-refractivity contribution >= 4 is 10.9 Å². The minimum absolute atomic E-state index is 0.163. The van der Waals surface area contributed by atoms with Crippen LogP contribution in [0.3, 0.4) is 0 Å². The van der Waals surface area contributed by atoms with Crippen molar-refractivity contribution < 1.29 is 9.13 Å². The number of ether oxygens (including phenoxy) is 1. The smallest absolute Gasteiger partial charge is 0.192 e. The fourth-order valence-corrected chi connectivity index (χ4v) is 1.70. The first-order valence-corrected chi connectivity index (χ1v) is 4.91. The normalized spacial score (nSPS) is 10.8. The van der Waals surface area contributed by atoms with Gasteiger partial charge in [0.2, 0.25) is 0 Å². The number of nitrogens with one attached hydrogen (secondary N) is 1. The van der Waals surface area contributed by atoms with Crippen molar-refractivity contribution in [1.82, 2.24) is 4.98 Å². The number of H-pyrrole nitrogens is 1. The van der Waals surface area contributed by atoms with E-state index in [0.29, 0.717) is 22.2 Å². The van der Waals surface area contributed by atoms with Gasteiger partial charge in [-0.15, -0.1) is 0 Å². The van der Waals surface area contributed by atoms with E-state index < -0.39 is 5.82 Å². The highest BCUT2D eigenvalue weighted by Crippen LogP contribution is 2.24. The Balaban J connectivity index is 3.01. The molecule has 0 saturated heterocycles. The Morgan fingerprint density at radius 2 is 2.00 bits per heavy atom. The van der Waals surface area contributed by atoms with E-state index in [0.717, 1.165) is 5.69 Å². The minimum atomic E-state index is -0.474. The maximum atomic E-state index is 13.3. The number of aromatic amines is 1. The first kappa shape index (κ1) is 10.7. The average Bonchev–Trinajstić information content (AvgIpc) is 2.26. The van der Waals surface area contributed by atoms with Crippen LogP contribution in [0.2, 0.25) is 0 Å². The molecule has 0 aliphatic heterocycles. The Kier molecular flexibility index (Phi) is 2.42. The molecular formula is C12H12FNO2. The van der Waals surface area contributed by atoms with Gasteiger partial charge in [-0.3, -0.25) is 4.79 Å². The summed E-state index contributed by atoms with van der Waals surface area (Å²) in [7, 11) is 1.45. The fraction of sp³-hybridized carbons (Fsp3) is 0.250. The molecule has 1 aromatic heterocycles. The third-order valence-electron chi connectivity index (χ3n) is 2.75. The Hall–Kier alpha value is -1.84. The van der Waals surface area contributed by atoms with Crippen molar-refractivity contribution in [1.29, 1.82) is 0 Å². The van der Waals surface area contributed by atoms with E-state index in [1.807, 2.05) is 0 Å². The number of halogens is 1. The van der Waals surface area contributed by atoms with Crippen LogP contribution >= 0.6 is 0 Å². The van der Waals surface area contributed by atoms with Gasteiger partial charge in [-0.1, -0.05) is 0 Å². The number of rotatable bonds is 1. The number of benzene rings is 1. The molecule has 1 aromatic carbocycles. The number of fused-ring (bicyclic) bond motifs is 1. The van der Waals surface area contributed by atoms with Crippen LogP contribution in [0.4, 0.5) is 4.39 Å². The average molecular weight is 221 g/mol. The standard InChI is InChI=1S/C12H12FNO2/c1-6-7(2)14-11-9(12(6)15)4-8(13)5-10(11)16-3/h4-5H,1-3H3,(H,14,15). The summed E-state index contributed by atoms with van der Waals surface area (Å²) in [5, 5.41) is 0.319. The fourth-order valence-electron chi connectivity index (χ4n) is 1.70. The lowest BCUT2D eigenvalue weighted by Crippen LogP contribution is -2.10. The van der Waals surface area contributed by atoms with E-state index in [2.05, 4.69) is 4.98 Å². The van der Waals surface area contributed by atoms with Crippen LogP contribution in [0.15, 0.2) is 16.9 Å². The number of pyridine rings is 1. The number of aryl methyl sites for hydroxylation is 1. The van der Waals surface area contributed by atoms with Crippen molar-refractivity contribution in [3.63, 3.8) is 0 Å². The minimum Gasteiger partial charge on any atom is -0.494 e. The lowest BCUT2D eigenvalue weighted by Gasteiger charge is -2.08. The molecule has 0 amide bonds. The van der Waals surface area contributed by atoms with Crippen LogP contribution in [-0.2, 0) is 0 Å². The summed E-state index contributed by atoms with van der Waals surface area (Å²) in [5.41, 5.74) is 1.74. The molecule has 1 heterocycles. The van der Waals surface area contributed by atoms with E-state index in [-0.39, 0.29) is 5.43 Å². The second-order valence-electron chi connectivity index (χ2n) is 3.73. The maximum Gasteiger partial charge on any atom is 0.192 e. The monoisotopic (exact) mass is 221 g/mol. The molecule has 0 spiro atoms. The van der Waals surface area contributed by atoms with Gasteiger partial charge in [-0.2, -0.15) is 0 Å². The summed E-state index contributed by atoms with van der Waals surface area (Å²) in [6, 6.07) is 2.48. The van der Waals surface area contributed by atoms with Crippen LogP contribution in [-0.4, -0.2) is 12.1 Å². The molecule has 0 saturated carbocycles. The molecule has 0 bridgehead atoms. The van der Waals surface area contributed by atoms with Crippen molar-refractivity contribution in [2.75, 3.05) is 7.11 Å². The van der Waals surface area contributed by atoms with Crippen molar-refractivity contribution in [2.24, 2.45) is 0 Å². The number of aromatic nitrogens is 1. The van der Waals surface area contributed by atoms with Crippen LogP contribution in [0.25, 0.3) is 10.9 Å². The highest BCUT2D eigenvalue weighted by molar-refractivity contribution is 5.85. The molecule has 0 fully saturated rings. The summed E-state index contributed by atoms with van der Waals surface area (Å²) in [6.07, 6.45) is 0. The van der Waals surface area contributed by atoms with Crippen LogP contribution < -0.4 is 10.2 Å². The Labute approximate surface area is 91.9 Å². The van der Waals surface area contributed by atoms with E-state index in [1.54, 1.807) is 13.8 Å². The van der Waals surface area contributed by atoms with Gasteiger partial charge < -0.3 is 9.72 Å². The lowest BCUT2D eigenvalue weighted by molar-refractivity contribution is 0.415. The molecule has 0 radical (unpaired) electrons. The van der Waals surface area contributed by atoms with Crippen LogP contribution in [0.5, 0.6) is 5.75 Å². The zero-order valence-corrected chi connectivity index (χ0v) is 9.35. The molecule has 84 valence electrons. The Morgan fingerprint density at radius 3 is 2.62 bits per heavy atom. The van der Waals surface area contributed by atoms with E-state index in [9.17, 15) is 9.18 Å². The van der Waals surface area contributed by atoms with Gasteiger partial charge in [0.25, 0.3) is 0 Å². The third kappa shape index (κ3) is 1.46. The predicted octanol–water partition coefficient (Wildman–Crippen LogP) is 2.29. The Morgan fingerprint density at radius 1 is 1.31 bits per heavy atom. The highest BCUT2D eigenvalue weighted by atomic mass is 19.1. The van der Waals surface area contributed by atoms with E-state index >= 15 is 0 Å². The molecule has 1 N–H and O–H groups in total. The van der Waals surface area contributed by atoms with Crippen molar-refractivity contribution in [3.05, 3.63) is 39.4 Å². The number of hydrogen-bond donors (Lipinski definition) is 1. The molecule has 2 rings (SSSR count). The largest absolute Gasteiger partial charge is 0.494 e. The number of methoxy groups -OCH3 is 1. The van der Waals surface area contributed by atoms with Gasteiger partial charge in [0.1, 0.15) is 11.6 Å². The first-order valence-electron chi connectivity index (χ1n) is 4.91. The van der Waals surface area contributed by atoms with Crippen molar-refractivity contribution in [3.8, 4) is 5.75 Å². The molecule has 0 aliphatic carbocycles. The van der Waals surface area contributed by atoms with Crippen LogP contribution in [0.1, 0.15) is 11.3 Å². The zero-order chi connectivity index (χ0) is 11.9. The highest BCUT2D eigenvalue weighted by Gasteiger charge is 2.11. The second-order valence-corrected chi connectivity index (χ2v) is 3.73. The summed E-state index contributed by atoms with van der Waals surface area (Å²) in [5.74, 6) is -0.131. The molecule has 0 aliphatic rings. The van der Waals surface area contributed by atoms with Gasteiger partial charge >= 0.3 is 0 Å². The lowest BCUT2D eigenvalue weighted by atomic mass is 10.1. The van der Waals surface area contributed by atoms with Crippen LogP contribution in [0, 0.1) is 19.7 Å². The molecule has 4 heteroatoms. The topological polar surface area (TPSA) is 42.1 Å². The quantitative estimate of drug-likeness (QED) is 0.802. The van der Waals surface area contributed by atoms with Crippen molar-refractivity contribution in [2.45, 2.75) is 13.8 Å². The molecule has 2 aromatic rings. The number of hydrogen-bond acceptors (Lipinski definition) is 2. The molecule has 0 atom stereocenters. The molecule has 16 heavy (non-hydrogen) atoms. The van der Waals surface area contributed by atoms with E-state index in [4.69, 9.17) is 4.74 Å². The summed E-state index contributed by atoms with van der Waals surface area (Å²) in [6.45, 7) is 3.52. The SMILES string of the molecule is COc1cc(F)cc2c(=O)c(C)c(C)[nH]c12. The summed E-state index contributed by atoms with van der Waals surface area (Å²) >= 11 is 0. The third-order valence-corrected chi connectivity index (χ3v) is 2.75. The van der Waals surface area contributed by atoms with Gasteiger partial charge in [-0.05, 0) is 19.9 Å². The molecule has 0 unspecified atom stereocenters.